The minimum Gasteiger partial charge on any atom is -0.359 e. The molecule has 0 aliphatic rings. The van der Waals surface area contributed by atoms with Gasteiger partial charge in [-0.05, 0) is 18.0 Å². The molecule has 0 radical (unpaired) electrons. The molecule has 2 aromatic rings. The third-order valence-electron chi connectivity index (χ3n) is 3.50. The third kappa shape index (κ3) is 3.45. The number of hydrogen-bond donors (Lipinski definition) is 0. The monoisotopic (exact) mass is 325 g/mol. The zero-order chi connectivity index (χ0) is 16.2. The Morgan fingerprint density at radius 3 is 2.45 bits per heavy atom. The van der Waals surface area contributed by atoms with Crippen molar-refractivity contribution in [3.63, 3.8) is 0 Å². The first kappa shape index (κ1) is 16.4. The second kappa shape index (κ2) is 6.89. The highest BCUT2D eigenvalue weighted by Crippen LogP contribution is 2.23. The number of benzene rings is 1. The van der Waals surface area contributed by atoms with Crippen molar-refractivity contribution in [1.29, 1.82) is 0 Å². The Hall–Kier alpha value is -1.93. The van der Waals surface area contributed by atoms with Gasteiger partial charge in [0.1, 0.15) is 0 Å². The fourth-order valence-electron chi connectivity index (χ4n) is 2.15. The third-order valence-corrected chi connectivity index (χ3v) is 5.07. The highest BCUT2D eigenvalue weighted by atomic mass is 32.2. The van der Waals surface area contributed by atoms with Crippen molar-refractivity contribution in [3.05, 3.63) is 35.5 Å². The highest BCUT2D eigenvalue weighted by Gasteiger charge is 2.32. The molecule has 0 spiro atoms. The molecule has 0 saturated carbocycles. The van der Waals surface area contributed by atoms with E-state index < -0.39 is 9.84 Å². The molecule has 0 unspecified atom stereocenters. The summed E-state index contributed by atoms with van der Waals surface area (Å²) in [5.74, 6) is -0.110. The molecule has 1 aromatic heterocycles. The maximum Gasteiger partial charge on any atom is 0.339 e. The first-order chi connectivity index (χ1) is 10.5. The van der Waals surface area contributed by atoms with Gasteiger partial charge >= 0.3 is 5.03 Å². The molecule has 0 saturated heterocycles. The SMILES string of the molecule is CCN(CC)CCS(=O)(=O)c1no[n+]([O-])c1-c1ccccc1. The smallest absolute Gasteiger partial charge is 0.339 e. The zero-order valence-corrected chi connectivity index (χ0v) is 13.4. The summed E-state index contributed by atoms with van der Waals surface area (Å²) in [4.78, 5) is 2.13. The lowest BCUT2D eigenvalue weighted by molar-refractivity contribution is -0.793. The van der Waals surface area contributed by atoms with Crippen LogP contribution < -0.4 is 4.90 Å². The normalized spacial score (nSPS) is 12.0. The quantitative estimate of drug-likeness (QED) is 0.708. The van der Waals surface area contributed by atoms with Gasteiger partial charge in [0.15, 0.2) is 0 Å². The summed E-state index contributed by atoms with van der Waals surface area (Å²) in [6.45, 7) is 5.84. The average Bonchev–Trinajstić information content (AvgIpc) is 2.91. The molecule has 0 aliphatic heterocycles. The summed E-state index contributed by atoms with van der Waals surface area (Å²) in [6, 6.07) is 8.50. The van der Waals surface area contributed by atoms with Crippen LogP contribution in [0.5, 0.6) is 0 Å². The maximum absolute atomic E-state index is 12.5. The van der Waals surface area contributed by atoms with E-state index in [9.17, 15) is 13.6 Å². The van der Waals surface area contributed by atoms with Gasteiger partial charge in [0.2, 0.25) is 15.5 Å². The fourth-order valence-corrected chi connectivity index (χ4v) is 3.48. The van der Waals surface area contributed by atoms with E-state index in [1.807, 2.05) is 18.7 Å². The lowest BCUT2D eigenvalue weighted by atomic mass is 10.2. The molecule has 1 heterocycles. The van der Waals surface area contributed by atoms with Crippen molar-refractivity contribution >= 4 is 9.84 Å². The summed E-state index contributed by atoms with van der Waals surface area (Å²) in [5.41, 5.74) is 0.389. The van der Waals surface area contributed by atoms with Gasteiger partial charge in [-0.1, -0.05) is 44.2 Å². The molecule has 0 fully saturated rings. The Morgan fingerprint density at radius 2 is 1.86 bits per heavy atom. The van der Waals surface area contributed by atoms with Crippen molar-refractivity contribution in [2.45, 2.75) is 18.9 Å². The minimum absolute atomic E-state index is 0.0693. The van der Waals surface area contributed by atoms with Crippen LogP contribution in [-0.2, 0) is 9.84 Å². The van der Waals surface area contributed by atoms with Crippen LogP contribution in [0.25, 0.3) is 11.3 Å². The average molecular weight is 325 g/mol. The Morgan fingerprint density at radius 1 is 1.23 bits per heavy atom. The zero-order valence-electron chi connectivity index (χ0n) is 12.6. The Balaban J connectivity index is 2.33. The lowest BCUT2D eigenvalue weighted by Crippen LogP contribution is -2.30. The van der Waals surface area contributed by atoms with Gasteiger partial charge in [-0.2, -0.15) is 0 Å². The van der Waals surface area contributed by atoms with Gasteiger partial charge in [0.25, 0.3) is 0 Å². The predicted octanol–water partition coefficient (Wildman–Crippen LogP) is 1.09. The van der Waals surface area contributed by atoms with Crippen LogP contribution in [0.2, 0.25) is 0 Å². The van der Waals surface area contributed by atoms with Gasteiger partial charge in [0, 0.05) is 12.1 Å². The summed E-state index contributed by atoms with van der Waals surface area (Å²) in [5, 5.41) is 14.9. The van der Waals surface area contributed by atoms with Crippen LogP contribution in [-0.4, -0.2) is 43.9 Å². The minimum atomic E-state index is -3.70. The number of nitrogens with zero attached hydrogens (tertiary/aromatic N) is 3. The summed E-state index contributed by atoms with van der Waals surface area (Å²) < 4.78 is 29.5. The second-order valence-corrected chi connectivity index (χ2v) is 6.82. The Bertz CT molecular complexity index is 709. The van der Waals surface area contributed by atoms with Gasteiger partial charge in [-0.15, -0.1) is 0 Å². The number of aromatic nitrogens is 2. The van der Waals surface area contributed by atoms with E-state index in [0.29, 0.717) is 12.1 Å². The molecule has 0 amide bonds. The van der Waals surface area contributed by atoms with E-state index in [4.69, 9.17) is 0 Å². The molecule has 0 atom stereocenters. The maximum atomic E-state index is 12.5. The number of sulfone groups is 1. The van der Waals surface area contributed by atoms with Crippen molar-refractivity contribution in [2.24, 2.45) is 0 Å². The van der Waals surface area contributed by atoms with E-state index in [1.165, 1.54) is 0 Å². The van der Waals surface area contributed by atoms with E-state index in [0.717, 1.165) is 13.1 Å². The first-order valence-corrected chi connectivity index (χ1v) is 8.75. The van der Waals surface area contributed by atoms with Crippen LogP contribution >= 0.6 is 0 Å². The van der Waals surface area contributed by atoms with Crippen LogP contribution in [0.15, 0.2) is 40.0 Å². The molecule has 8 heteroatoms. The first-order valence-electron chi connectivity index (χ1n) is 7.09. The number of hydrogen-bond acceptors (Lipinski definition) is 6. The van der Waals surface area contributed by atoms with Gasteiger partial charge in [-0.3, -0.25) is 4.63 Å². The molecule has 0 bridgehead atoms. The molecule has 1 aromatic carbocycles. The largest absolute Gasteiger partial charge is 0.359 e. The van der Waals surface area contributed by atoms with E-state index >= 15 is 0 Å². The molecule has 22 heavy (non-hydrogen) atoms. The van der Waals surface area contributed by atoms with E-state index in [1.54, 1.807) is 30.3 Å². The second-order valence-electron chi connectivity index (χ2n) is 4.80. The Labute approximate surface area is 129 Å². The predicted molar refractivity (Wildman–Crippen MR) is 80.7 cm³/mol. The van der Waals surface area contributed by atoms with Crippen LogP contribution in [0.1, 0.15) is 13.8 Å². The van der Waals surface area contributed by atoms with Crippen LogP contribution in [0.3, 0.4) is 0 Å². The molecule has 120 valence electrons. The van der Waals surface area contributed by atoms with Crippen molar-refractivity contribution in [1.82, 2.24) is 10.1 Å². The van der Waals surface area contributed by atoms with Gasteiger partial charge < -0.3 is 10.1 Å². The molecule has 0 N–H and O–H groups in total. The summed E-state index contributed by atoms with van der Waals surface area (Å²) in [7, 11) is -3.70. The van der Waals surface area contributed by atoms with Crippen LogP contribution in [0.4, 0.5) is 0 Å². The Kier molecular flexibility index (Phi) is 5.15. The summed E-state index contributed by atoms with van der Waals surface area (Å²) >= 11 is 0. The van der Waals surface area contributed by atoms with Crippen molar-refractivity contribution in [3.8, 4) is 11.3 Å². The van der Waals surface area contributed by atoms with Crippen LogP contribution in [0, 0.1) is 5.21 Å². The molecule has 2 rings (SSSR count). The molecule has 7 nitrogen and oxygen atoms in total. The molecule has 0 aliphatic carbocycles. The van der Waals surface area contributed by atoms with Crippen molar-refractivity contribution in [2.75, 3.05) is 25.4 Å². The van der Waals surface area contributed by atoms with Gasteiger partial charge in [-0.25, -0.2) is 8.42 Å². The van der Waals surface area contributed by atoms with Crippen molar-refractivity contribution < 1.29 is 17.9 Å². The fraction of sp³-hybridized carbons (Fsp3) is 0.429. The number of rotatable bonds is 7. The molecular formula is C14H19N3O4S. The summed E-state index contributed by atoms with van der Waals surface area (Å²) in [6.07, 6.45) is 0. The standard InChI is InChI=1S/C14H19N3O4S/c1-3-16(4-2)10-11-22(19,20)14-13(17(18)21-15-14)12-8-6-5-7-9-12/h5-9H,3-4,10-11H2,1-2H3. The lowest BCUT2D eigenvalue weighted by Gasteiger charge is -2.16. The topological polar surface area (TPSA) is 90.4 Å². The molecular weight excluding hydrogens is 306 g/mol. The highest BCUT2D eigenvalue weighted by molar-refractivity contribution is 7.91. The van der Waals surface area contributed by atoms with Gasteiger partial charge in [0.05, 0.1) is 10.9 Å². The van der Waals surface area contributed by atoms with E-state index in [-0.39, 0.29) is 21.4 Å². The van der Waals surface area contributed by atoms with E-state index in [2.05, 4.69) is 9.79 Å².